The molecule has 1 heterocycles. The van der Waals surface area contributed by atoms with Crippen LogP contribution in [0.5, 0.6) is 0 Å². The van der Waals surface area contributed by atoms with Crippen LogP contribution < -0.4 is 5.73 Å². The van der Waals surface area contributed by atoms with Gasteiger partial charge in [0, 0.05) is 36.4 Å². The van der Waals surface area contributed by atoms with Gasteiger partial charge in [0.15, 0.2) is 0 Å². The van der Waals surface area contributed by atoms with Gasteiger partial charge in [0.05, 0.1) is 10.6 Å². The van der Waals surface area contributed by atoms with Gasteiger partial charge in [0.2, 0.25) is 0 Å². The van der Waals surface area contributed by atoms with E-state index in [1.165, 1.54) is 0 Å². The molecule has 4 nitrogen and oxygen atoms in total. The smallest absolute Gasteiger partial charge is 0.255 e. The first-order valence-corrected chi connectivity index (χ1v) is 7.28. The molecule has 0 aromatic carbocycles. The number of thiocarbonyl (C=S) groups is 1. The molecule has 0 spiro atoms. The molecule has 0 fully saturated rings. The summed E-state index contributed by atoms with van der Waals surface area (Å²) < 4.78 is 0.789. The van der Waals surface area contributed by atoms with Crippen LogP contribution in [0.25, 0.3) is 0 Å². The van der Waals surface area contributed by atoms with Gasteiger partial charge in [0.25, 0.3) is 5.91 Å². The first-order valence-electron chi connectivity index (χ1n) is 6.08. The zero-order valence-electron chi connectivity index (χ0n) is 11.1. The van der Waals surface area contributed by atoms with Crippen LogP contribution in [-0.4, -0.2) is 33.9 Å². The van der Waals surface area contributed by atoms with Crippen LogP contribution in [0, 0.1) is 5.92 Å². The summed E-state index contributed by atoms with van der Waals surface area (Å²) in [5.41, 5.74) is 6.08. The van der Waals surface area contributed by atoms with Crippen molar-refractivity contribution in [1.82, 2.24) is 9.88 Å². The first-order chi connectivity index (χ1) is 8.90. The highest BCUT2D eigenvalue weighted by molar-refractivity contribution is 9.10. The Morgan fingerprint density at radius 3 is 2.74 bits per heavy atom. The summed E-state index contributed by atoms with van der Waals surface area (Å²) in [5, 5.41) is 0. The summed E-state index contributed by atoms with van der Waals surface area (Å²) in [7, 11) is 0. The fourth-order valence-corrected chi connectivity index (χ4v) is 2.13. The minimum absolute atomic E-state index is 0.0428. The first kappa shape index (κ1) is 16.0. The van der Waals surface area contributed by atoms with E-state index < -0.39 is 0 Å². The highest BCUT2D eigenvalue weighted by Crippen LogP contribution is 2.13. The number of nitrogens with zero attached hydrogens (tertiary/aromatic N) is 2. The number of nitrogens with two attached hydrogens (primary N) is 1. The third kappa shape index (κ3) is 5.65. The molecule has 0 aliphatic rings. The molecule has 2 N–H and O–H groups in total. The standard InChI is InChI=1S/C13H18BrN3OS/c1-9(2)8-17(4-3-12(15)19)13(18)10-5-11(14)7-16-6-10/h5-7,9H,3-4,8H2,1-2H3,(H2,15,19). The SMILES string of the molecule is CC(C)CN(CCC(N)=S)C(=O)c1cncc(Br)c1. The molecule has 0 bridgehead atoms. The average Bonchev–Trinajstić information content (AvgIpc) is 2.33. The van der Waals surface area contributed by atoms with E-state index in [4.69, 9.17) is 18.0 Å². The molecule has 1 aromatic rings. The summed E-state index contributed by atoms with van der Waals surface area (Å²) in [6, 6.07) is 1.77. The number of carbonyl (C=O) groups excluding carboxylic acids is 1. The molecule has 104 valence electrons. The number of halogens is 1. The lowest BCUT2D eigenvalue weighted by Crippen LogP contribution is -2.36. The van der Waals surface area contributed by atoms with Gasteiger partial charge >= 0.3 is 0 Å². The van der Waals surface area contributed by atoms with Crippen LogP contribution in [0.4, 0.5) is 0 Å². The largest absolute Gasteiger partial charge is 0.393 e. The van der Waals surface area contributed by atoms with Gasteiger partial charge in [-0.2, -0.15) is 0 Å². The molecule has 6 heteroatoms. The molecule has 0 aliphatic heterocycles. The molecule has 0 atom stereocenters. The van der Waals surface area contributed by atoms with Crippen LogP contribution in [0.15, 0.2) is 22.9 Å². The Labute approximate surface area is 127 Å². The van der Waals surface area contributed by atoms with Crippen molar-refractivity contribution in [2.45, 2.75) is 20.3 Å². The van der Waals surface area contributed by atoms with Crippen LogP contribution in [0.2, 0.25) is 0 Å². The maximum absolute atomic E-state index is 12.4. The Morgan fingerprint density at radius 2 is 2.21 bits per heavy atom. The van der Waals surface area contributed by atoms with Crippen molar-refractivity contribution in [3.63, 3.8) is 0 Å². The number of hydrogen-bond donors (Lipinski definition) is 1. The van der Waals surface area contributed by atoms with Gasteiger partial charge in [0.1, 0.15) is 0 Å². The van der Waals surface area contributed by atoms with Crippen molar-refractivity contribution >= 4 is 39.0 Å². The minimum atomic E-state index is -0.0428. The van der Waals surface area contributed by atoms with E-state index in [2.05, 4.69) is 34.8 Å². The van der Waals surface area contributed by atoms with Crippen molar-refractivity contribution in [3.05, 3.63) is 28.5 Å². The summed E-state index contributed by atoms with van der Waals surface area (Å²) in [6.45, 7) is 5.35. The topological polar surface area (TPSA) is 59.2 Å². The maximum atomic E-state index is 12.4. The zero-order chi connectivity index (χ0) is 14.4. The van der Waals surface area contributed by atoms with Gasteiger partial charge in [-0.15, -0.1) is 0 Å². The normalized spacial score (nSPS) is 10.5. The van der Waals surface area contributed by atoms with Crippen LogP contribution in [0.1, 0.15) is 30.6 Å². The van der Waals surface area contributed by atoms with E-state index in [1.54, 1.807) is 23.4 Å². The second-order valence-electron chi connectivity index (χ2n) is 4.75. The molecular formula is C13H18BrN3OS. The van der Waals surface area contributed by atoms with Crippen LogP contribution >= 0.6 is 28.1 Å². The zero-order valence-corrected chi connectivity index (χ0v) is 13.5. The molecule has 1 rings (SSSR count). The molecule has 0 radical (unpaired) electrons. The van der Waals surface area contributed by atoms with Crippen molar-refractivity contribution in [3.8, 4) is 0 Å². The Bertz CT molecular complexity index is 465. The highest BCUT2D eigenvalue weighted by atomic mass is 79.9. The maximum Gasteiger partial charge on any atom is 0.255 e. The Hall–Kier alpha value is -1.01. The molecule has 0 unspecified atom stereocenters. The van der Waals surface area contributed by atoms with Crippen LogP contribution in [-0.2, 0) is 0 Å². The Kier molecular flexibility index (Phi) is 6.37. The molecule has 0 saturated heterocycles. The van der Waals surface area contributed by atoms with Crippen LogP contribution in [0.3, 0.4) is 0 Å². The van der Waals surface area contributed by atoms with E-state index in [1.807, 2.05) is 0 Å². The van der Waals surface area contributed by atoms with Crippen molar-refractivity contribution in [1.29, 1.82) is 0 Å². The summed E-state index contributed by atoms with van der Waals surface area (Å²) in [4.78, 5) is 18.6. The van der Waals surface area contributed by atoms with Gasteiger partial charge in [-0.1, -0.05) is 26.1 Å². The van der Waals surface area contributed by atoms with Gasteiger partial charge < -0.3 is 10.6 Å². The second kappa shape index (κ2) is 7.55. The van der Waals surface area contributed by atoms with Gasteiger partial charge in [-0.3, -0.25) is 9.78 Å². The van der Waals surface area contributed by atoms with Gasteiger partial charge in [-0.25, -0.2) is 0 Å². The Balaban J connectivity index is 2.83. The molecule has 1 amide bonds. The highest BCUT2D eigenvalue weighted by Gasteiger charge is 2.17. The number of amides is 1. The monoisotopic (exact) mass is 343 g/mol. The predicted octanol–water partition coefficient (Wildman–Crippen LogP) is 2.62. The average molecular weight is 344 g/mol. The van der Waals surface area contributed by atoms with Crippen molar-refractivity contribution in [2.75, 3.05) is 13.1 Å². The molecule has 0 aliphatic carbocycles. The van der Waals surface area contributed by atoms with Gasteiger partial charge in [-0.05, 0) is 27.9 Å². The van der Waals surface area contributed by atoms with E-state index >= 15 is 0 Å². The molecule has 1 aromatic heterocycles. The fourth-order valence-electron chi connectivity index (χ4n) is 1.67. The lowest BCUT2D eigenvalue weighted by molar-refractivity contribution is 0.0740. The second-order valence-corrected chi connectivity index (χ2v) is 6.19. The third-order valence-electron chi connectivity index (χ3n) is 2.45. The summed E-state index contributed by atoms with van der Waals surface area (Å²) >= 11 is 8.19. The predicted molar refractivity (Wildman–Crippen MR) is 84.1 cm³/mol. The number of carbonyl (C=O) groups is 1. The van der Waals surface area contributed by atoms with Crippen molar-refractivity contribution < 1.29 is 4.79 Å². The molecular weight excluding hydrogens is 326 g/mol. The lowest BCUT2D eigenvalue weighted by Gasteiger charge is -2.24. The number of pyridine rings is 1. The van der Waals surface area contributed by atoms with Crippen molar-refractivity contribution in [2.24, 2.45) is 11.7 Å². The van der Waals surface area contributed by atoms with E-state index in [-0.39, 0.29) is 5.91 Å². The van der Waals surface area contributed by atoms with E-state index in [0.717, 1.165) is 4.47 Å². The number of hydrogen-bond acceptors (Lipinski definition) is 3. The van der Waals surface area contributed by atoms with E-state index in [0.29, 0.717) is 36.0 Å². The quantitative estimate of drug-likeness (QED) is 0.806. The summed E-state index contributed by atoms with van der Waals surface area (Å²) in [6.07, 6.45) is 3.76. The number of aromatic nitrogens is 1. The molecule has 19 heavy (non-hydrogen) atoms. The van der Waals surface area contributed by atoms with E-state index in [9.17, 15) is 4.79 Å². The number of rotatable bonds is 6. The fraction of sp³-hybridized carbons (Fsp3) is 0.462. The molecule has 0 saturated carbocycles. The Morgan fingerprint density at radius 1 is 1.53 bits per heavy atom. The third-order valence-corrected chi connectivity index (χ3v) is 3.09. The minimum Gasteiger partial charge on any atom is -0.393 e. The lowest BCUT2D eigenvalue weighted by atomic mass is 10.1. The summed E-state index contributed by atoms with van der Waals surface area (Å²) in [5.74, 6) is 0.342.